The third-order valence-electron chi connectivity index (χ3n) is 3.34. The highest BCUT2D eigenvalue weighted by Crippen LogP contribution is 2.22. The average Bonchev–Trinajstić information content (AvgIpc) is 2.19. The summed E-state index contributed by atoms with van der Waals surface area (Å²) in [4.78, 5) is 13.1. The van der Waals surface area contributed by atoms with Crippen LogP contribution in [-0.4, -0.2) is 35.1 Å². The van der Waals surface area contributed by atoms with Crippen molar-refractivity contribution in [3.63, 3.8) is 0 Å². The monoisotopic (exact) mass is 199 g/mol. The number of aliphatic carboxylic acids is 1. The maximum Gasteiger partial charge on any atom is 0.320 e. The molecule has 0 radical (unpaired) electrons. The van der Waals surface area contributed by atoms with E-state index in [0.29, 0.717) is 6.42 Å². The van der Waals surface area contributed by atoms with E-state index in [2.05, 4.69) is 11.8 Å². The Kier molecular flexibility index (Phi) is 4.39. The van der Waals surface area contributed by atoms with Crippen LogP contribution in [-0.2, 0) is 4.79 Å². The topological polar surface area (TPSA) is 40.5 Å². The molecule has 82 valence electrons. The van der Waals surface area contributed by atoms with E-state index in [1.807, 2.05) is 6.92 Å². The molecule has 1 saturated heterocycles. The number of likely N-dealkylation sites (tertiary alicyclic amines) is 1. The second-order valence-electron chi connectivity index (χ2n) is 4.15. The van der Waals surface area contributed by atoms with E-state index < -0.39 is 5.97 Å². The Balaban J connectivity index is 2.43. The van der Waals surface area contributed by atoms with E-state index in [1.54, 1.807) is 0 Å². The van der Waals surface area contributed by atoms with Gasteiger partial charge in [0, 0.05) is 0 Å². The maximum absolute atomic E-state index is 10.9. The summed E-state index contributed by atoms with van der Waals surface area (Å²) >= 11 is 0. The van der Waals surface area contributed by atoms with Crippen LogP contribution in [0.15, 0.2) is 0 Å². The molecule has 0 saturated carbocycles. The lowest BCUT2D eigenvalue weighted by Crippen LogP contribution is -2.45. The van der Waals surface area contributed by atoms with Crippen LogP contribution in [0.25, 0.3) is 0 Å². The number of hydrogen-bond acceptors (Lipinski definition) is 2. The number of hydrogen-bond donors (Lipinski definition) is 1. The number of nitrogens with zero attached hydrogens (tertiary/aromatic N) is 1. The Morgan fingerprint density at radius 2 is 2.00 bits per heavy atom. The second-order valence-corrected chi connectivity index (χ2v) is 4.15. The molecule has 0 bridgehead atoms. The van der Waals surface area contributed by atoms with Gasteiger partial charge in [0.05, 0.1) is 0 Å². The number of carboxylic acids is 1. The third kappa shape index (κ3) is 2.71. The molecule has 0 spiro atoms. The first-order chi connectivity index (χ1) is 6.69. The van der Waals surface area contributed by atoms with E-state index in [-0.39, 0.29) is 6.04 Å². The Hall–Kier alpha value is -0.570. The maximum atomic E-state index is 10.9. The summed E-state index contributed by atoms with van der Waals surface area (Å²) in [5, 5.41) is 9.01. The normalized spacial score (nSPS) is 22.1. The van der Waals surface area contributed by atoms with Crippen molar-refractivity contribution in [3.05, 3.63) is 0 Å². The Morgan fingerprint density at radius 3 is 2.36 bits per heavy atom. The van der Waals surface area contributed by atoms with E-state index >= 15 is 0 Å². The van der Waals surface area contributed by atoms with Crippen molar-refractivity contribution in [1.82, 2.24) is 4.90 Å². The predicted molar refractivity (Wildman–Crippen MR) is 56.3 cm³/mol. The van der Waals surface area contributed by atoms with Gasteiger partial charge in [-0.25, -0.2) is 0 Å². The molecule has 1 atom stereocenters. The van der Waals surface area contributed by atoms with Gasteiger partial charge in [0.2, 0.25) is 0 Å². The fourth-order valence-corrected chi connectivity index (χ4v) is 2.26. The molecular weight excluding hydrogens is 178 g/mol. The minimum absolute atomic E-state index is 0.257. The highest BCUT2D eigenvalue weighted by Gasteiger charge is 2.27. The standard InChI is InChI=1S/C11H21NO2/c1-3-9-5-7-12(8-6-9)10(4-2)11(13)14/h9-10H,3-8H2,1-2H3,(H,13,14). The fourth-order valence-electron chi connectivity index (χ4n) is 2.26. The zero-order chi connectivity index (χ0) is 10.6. The SMILES string of the molecule is CCC1CCN(C(CC)C(=O)O)CC1. The van der Waals surface area contributed by atoms with Crippen LogP contribution in [0.5, 0.6) is 0 Å². The molecule has 1 N–H and O–H groups in total. The first-order valence-corrected chi connectivity index (χ1v) is 5.65. The summed E-state index contributed by atoms with van der Waals surface area (Å²) in [5.41, 5.74) is 0. The largest absolute Gasteiger partial charge is 0.480 e. The summed E-state index contributed by atoms with van der Waals surface area (Å²) < 4.78 is 0. The summed E-state index contributed by atoms with van der Waals surface area (Å²) in [6.07, 6.45) is 4.28. The number of piperidine rings is 1. The molecule has 0 aromatic carbocycles. The van der Waals surface area contributed by atoms with E-state index in [0.717, 1.165) is 19.0 Å². The van der Waals surface area contributed by atoms with Gasteiger partial charge in [0.25, 0.3) is 0 Å². The zero-order valence-electron chi connectivity index (χ0n) is 9.20. The van der Waals surface area contributed by atoms with Crippen LogP contribution < -0.4 is 0 Å². The quantitative estimate of drug-likeness (QED) is 0.752. The Bertz CT molecular complexity index is 186. The number of rotatable bonds is 4. The van der Waals surface area contributed by atoms with Crippen molar-refractivity contribution in [2.75, 3.05) is 13.1 Å². The fraction of sp³-hybridized carbons (Fsp3) is 0.909. The first kappa shape index (κ1) is 11.5. The predicted octanol–water partition coefficient (Wildman–Crippen LogP) is 1.97. The zero-order valence-corrected chi connectivity index (χ0v) is 9.20. The molecular formula is C11H21NO2. The van der Waals surface area contributed by atoms with E-state index in [1.165, 1.54) is 19.3 Å². The molecule has 0 amide bonds. The Labute approximate surface area is 86.1 Å². The van der Waals surface area contributed by atoms with Crippen molar-refractivity contribution in [3.8, 4) is 0 Å². The first-order valence-electron chi connectivity index (χ1n) is 5.65. The molecule has 3 nitrogen and oxygen atoms in total. The summed E-state index contributed by atoms with van der Waals surface area (Å²) in [6.45, 7) is 6.09. The molecule has 14 heavy (non-hydrogen) atoms. The van der Waals surface area contributed by atoms with Gasteiger partial charge in [-0.3, -0.25) is 9.69 Å². The molecule has 1 heterocycles. The molecule has 0 aromatic heterocycles. The van der Waals surface area contributed by atoms with Crippen LogP contribution in [0.1, 0.15) is 39.5 Å². The molecule has 1 aliphatic rings. The molecule has 0 aliphatic carbocycles. The summed E-state index contributed by atoms with van der Waals surface area (Å²) in [5.74, 6) is 0.153. The van der Waals surface area contributed by atoms with Gasteiger partial charge in [0.15, 0.2) is 0 Å². The van der Waals surface area contributed by atoms with Gasteiger partial charge < -0.3 is 5.11 Å². The van der Waals surface area contributed by atoms with Crippen LogP contribution in [0.3, 0.4) is 0 Å². The lowest BCUT2D eigenvalue weighted by molar-refractivity contribution is -0.144. The van der Waals surface area contributed by atoms with Crippen molar-refractivity contribution >= 4 is 5.97 Å². The van der Waals surface area contributed by atoms with Crippen LogP contribution in [0, 0.1) is 5.92 Å². The molecule has 1 rings (SSSR count). The minimum Gasteiger partial charge on any atom is -0.480 e. The lowest BCUT2D eigenvalue weighted by atomic mass is 9.93. The molecule has 1 aliphatic heterocycles. The van der Waals surface area contributed by atoms with Crippen molar-refractivity contribution < 1.29 is 9.90 Å². The Morgan fingerprint density at radius 1 is 1.43 bits per heavy atom. The van der Waals surface area contributed by atoms with Gasteiger partial charge in [-0.2, -0.15) is 0 Å². The van der Waals surface area contributed by atoms with Crippen LogP contribution in [0.4, 0.5) is 0 Å². The van der Waals surface area contributed by atoms with Gasteiger partial charge in [-0.1, -0.05) is 20.3 Å². The second kappa shape index (κ2) is 5.35. The van der Waals surface area contributed by atoms with Crippen LogP contribution >= 0.6 is 0 Å². The van der Waals surface area contributed by atoms with E-state index in [9.17, 15) is 4.79 Å². The summed E-state index contributed by atoms with van der Waals surface area (Å²) in [6, 6.07) is -0.257. The van der Waals surface area contributed by atoms with E-state index in [4.69, 9.17) is 5.11 Å². The van der Waals surface area contributed by atoms with Gasteiger partial charge in [-0.15, -0.1) is 0 Å². The number of carbonyl (C=O) groups is 1. The third-order valence-corrected chi connectivity index (χ3v) is 3.34. The molecule has 0 aromatic rings. The van der Waals surface area contributed by atoms with Crippen LogP contribution in [0.2, 0.25) is 0 Å². The molecule has 3 heteroatoms. The molecule has 1 unspecified atom stereocenters. The van der Waals surface area contributed by atoms with Gasteiger partial charge in [-0.05, 0) is 38.3 Å². The minimum atomic E-state index is -0.664. The highest BCUT2D eigenvalue weighted by atomic mass is 16.4. The van der Waals surface area contributed by atoms with Gasteiger partial charge >= 0.3 is 5.97 Å². The summed E-state index contributed by atoms with van der Waals surface area (Å²) in [7, 11) is 0. The average molecular weight is 199 g/mol. The molecule has 1 fully saturated rings. The number of carboxylic acid groups (broad SMARTS) is 1. The van der Waals surface area contributed by atoms with Crippen molar-refractivity contribution in [2.45, 2.75) is 45.6 Å². The smallest absolute Gasteiger partial charge is 0.320 e. The highest BCUT2D eigenvalue weighted by molar-refractivity contribution is 5.73. The lowest BCUT2D eigenvalue weighted by Gasteiger charge is -2.34. The van der Waals surface area contributed by atoms with Crippen molar-refractivity contribution in [1.29, 1.82) is 0 Å². The van der Waals surface area contributed by atoms with Gasteiger partial charge in [0.1, 0.15) is 6.04 Å². The van der Waals surface area contributed by atoms with Crippen molar-refractivity contribution in [2.24, 2.45) is 5.92 Å².